The van der Waals surface area contributed by atoms with Crippen LogP contribution < -0.4 is 0 Å². The first-order valence-electron chi connectivity index (χ1n) is 13.8. The molecule has 3 aliphatic carbocycles. The van der Waals surface area contributed by atoms with Gasteiger partial charge in [-0.1, -0.05) is 96.8 Å². The molecule has 0 radical (unpaired) electrons. The summed E-state index contributed by atoms with van der Waals surface area (Å²) in [7, 11) is 0. The van der Waals surface area contributed by atoms with Crippen LogP contribution in [-0.2, 0) is 9.53 Å². The monoisotopic (exact) mass is 418 g/mol. The lowest BCUT2D eigenvalue weighted by Crippen LogP contribution is -2.24. The average Bonchev–Trinajstić information content (AvgIpc) is 2.79. The molecule has 0 unspecified atom stereocenters. The van der Waals surface area contributed by atoms with Crippen molar-refractivity contribution in [3.63, 3.8) is 0 Å². The van der Waals surface area contributed by atoms with E-state index in [2.05, 4.69) is 6.92 Å². The second-order valence-corrected chi connectivity index (χ2v) is 11.2. The highest BCUT2D eigenvalue weighted by Crippen LogP contribution is 2.40. The van der Waals surface area contributed by atoms with Gasteiger partial charge in [-0.2, -0.15) is 0 Å². The molecule has 2 nitrogen and oxygen atoms in total. The van der Waals surface area contributed by atoms with Crippen LogP contribution in [0.1, 0.15) is 129 Å². The second-order valence-electron chi connectivity index (χ2n) is 11.2. The van der Waals surface area contributed by atoms with Crippen molar-refractivity contribution in [2.75, 3.05) is 6.61 Å². The molecule has 30 heavy (non-hydrogen) atoms. The Morgan fingerprint density at radius 1 is 0.567 bits per heavy atom. The average molecular weight is 419 g/mol. The number of esters is 1. The Labute approximate surface area is 187 Å². The minimum absolute atomic E-state index is 0.0586. The van der Waals surface area contributed by atoms with Crippen molar-refractivity contribution in [3.8, 4) is 0 Å². The summed E-state index contributed by atoms with van der Waals surface area (Å²) in [6, 6.07) is 0. The zero-order valence-corrected chi connectivity index (χ0v) is 20.2. The Balaban J connectivity index is 1.22. The van der Waals surface area contributed by atoms with Gasteiger partial charge in [-0.05, 0) is 62.2 Å². The molecule has 3 fully saturated rings. The summed E-state index contributed by atoms with van der Waals surface area (Å²) in [4.78, 5) is 11.9. The Morgan fingerprint density at radius 3 is 1.23 bits per heavy atom. The summed E-state index contributed by atoms with van der Waals surface area (Å²) in [5, 5.41) is 0. The van der Waals surface area contributed by atoms with E-state index in [0.29, 0.717) is 6.61 Å². The molecule has 0 aromatic carbocycles. The van der Waals surface area contributed by atoms with Crippen LogP contribution in [0.2, 0.25) is 0 Å². The number of carbonyl (C=O) groups is 1. The fourth-order valence-electron chi connectivity index (χ4n) is 6.92. The van der Waals surface area contributed by atoms with Crippen molar-refractivity contribution in [3.05, 3.63) is 0 Å². The van der Waals surface area contributed by atoms with Crippen LogP contribution in [0.4, 0.5) is 0 Å². The number of hydrogen-bond acceptors (Lipinski definition) is 2. The third kappa shape index (κ3) is 7.86. The number of ether oxygens (including phenoxy) is 1. The van der Waals surface area contributed by atoms with E-state index in [1.165, 1.54) is 103 Å². The number of hydrogen-bond donors (Lipinski definition) is 0. The maximum absolute atomic E-state index is 11.9. The molecule has 0 atom stereocenters. The summed E-state index contributed by atoms with van der Waals surface area (Å²) in [6.07, 6.45) is 25.5. The summed E-state index contributed by atoms with van der Waals surface area (Å²) in [5.74, 6) is 5.27. The molecule has 0 spiro atoms. The second kappa shape index (κ2) is 13.1. The Morgan fingerprint density at radius 2 is 0.900 bits per heavy atom. The Kier molecular flexibility index (Phi) is 10.5. The number of carbonyl (C=O) groups excluding carboxylic acids is 1. The lowest BCUT2D eigenvalue weighted by Gasteiger charge is -2.33. The molecule has 0 aromatic rings. The first kappa shape index (κ1) is 24.1. The third-order valence-corrected chi connectivity index (χ3v) is 9.06. The Bertz CT molecular complexity index is 463. The van der Waals surface area contributed by atoms with Gasteiger partial charge in [-0.25, -0.2) is 0 Å². The fraction of sp³-hybridized carbons (Fsp3) is 0.964. The van der Waals surface area contributed by atoms with Crippen LogP contribution in [0.5, 0.6) is 0 Å². The molecule has 2 heteroatoms. The quantitative estimate of drug-likeness (QED) is 0.333. The SMILES string of the molecule is CCCC1CCC(CCC2CCC(CCC3CCC(C(=O)OCC)CC3)CC2)CC1. The molecule has 0 N–H and O–H groups in total. The van der Waals surface area contributed by atoms with Gasteiger partial charge in [0.1, 0.15) is 0 Å². The molecule has 0 saturated heterocycles. The van der Waals surface area contributed by atoms with Crippen LogP contribution >= 0.6 is 0 Å². The van der Waals surface area contributed by atoms with E-state index in [1.807, 2.05) is 6.92 Å². The van der Waals surface area contributed by atoms with Gasteiger partial charge in [0.15, 0.2) is 0 Å². The van der Waals surface area contributed by atoms with E-state index in [9.17, 15) is 4.79 Å². The molecule has 174 valence electrons. The molecule has 3 saturated carbocycles. The standard InChI is InChI=1S/C28H50O2/c1-3-5-22-6-8-23(9-7-22)10-11-24-12-14-25(15-13-24)16-17-26-18-20-27(21-19-26)28(29)30-4-2/h22-27H,3-21H2,1-2H3. The van der Waals surface area contributed by atoms with Crippen molar-refractivity contribution in [1.82, 2.24) is 0 Å². The van der Waals surface area contributed by atoms with E-state index < -0.39 is 0 Å². The normalized spacial score (nSPS) is 35.1. The lowest BCUT2D eigenvalue weighted by atomic mass is 9.73. The van der Waals surface area contributed by atoms with Gasteiger partial charge in [0.05, 0.1) is 12.5 Å². The highest BCUT2D eigenvalue weighted by Gasteiger charge is 2.29. The van der Waals surface area contributed by atoms with E-state index in [0.717, 1.165) is 42.4 Å². The molecule has 0 aromatic heterocycles. The molecule has 0 heterocycles. The largest absolute Gasteiger partial charge is 0.466 e. The minimum atomic E-state index is 0.0586. The molecular weight excluding hydrogens is 368 g/mol. The maximum Gasteiger partial charge on any atom is 0.308 e. The predicted octanol–water partition coefficient (Wildman–Crippen LogP) is 8.33. The van der Waals surface area contributed by atoms with Crippen molar-refractivity contribution in [2.45, 2.75) is 129 Å². The van der Waals surface area contributed by atoms with Crippen molar-refractivity contribution in [2.24, 2.45) is 35.5 Å². The fourth-order valence-corrected chi connectivity index (χ4v) is 6.92. The summed E-state index contributed by atoms with van der Waals surface area (Å²) in [6.45, 7) is 4.79. The smallest absolute Gasteiger partial charge is 0.308 e. The highest BCUT2D eigenvalue weighted by molar-refractivity contribution is 5.72. The zero-order chi connectivity index (χ0) is 21.2. The van der Waals surface area contributed by atoms with E-state index in [1.54, 1.807) is 0 Å². The van der Waals surface area contributed by atoms with Crippen LogP contribution in [0.15, 0.2) is 0 Å². The first-order valence-corrected chi connectivity index (χ1v) is 13.8. The minimum Gasteiger partial charge on any atom is -0.466 e. The lowest BCUT2D eigenvalue weighted by molar-refractivity contribution is -0.149. The molecule has 0 amide bonds. The van der Waals surface area contributed by atoms with Crippen molar-refractivity contribution >= 4 is 5.97 Å². The van der Waals surface area contributed by atoms with Gasteiger partial charge >= 0.3 is 5.97 Å². The molecular formula is C28H50O2. The Hall–Kier alpha value is -0.530. The van der Waals surface area contributed by atoms with Gasteiger partial charge in [-0.3, -0.25) is 4.79 Å². The molecule has 3 rings (SSSR count). The highest BCUT2D eigenvalue weighted by atomic mass is 16.5. The van der Waals surface area contributed by atoms with Crippen LogP contribution in [-0.4, -0.2) is 12.6 Å². The maximum atomic E-state index is 11.9. The van der Waals surface area contributed by atoms with Gasteiger partial charge in [0, 0.05) is 0 Å². The predicted molar refractivity (Wildman–Crippen MR) is 126 cm³/mol. The van der Waals surface area contributed by atoms with Gasteiger partial charge in [-0.15, -0.1) is 0 Å². The molecule has 3 aliphatic rings. The zero-order valence-electron chi connectivity index (χ0n) is 20.2. The van der Waals surface area contributed by atoms with Crippen LogP contribution in [0.25, 0.3) is 0 Å². The van der Waals surface area contributed by atoms with Crippen LogP contribution in [0, 0.1) is 35.5 Å². The molecule has 0 bridgehead atoms. The molecule has 0 aliphatic heterocycles. The summed E-state index contributed by atoms with van der Waals surface area (Å²) < 4.78 is 5.22. The van der Waals surface area contributed by atoms with Gasteiger partial charge in [0.25, 0.3) is 0 Å². The number of rotatable bonds is 10. The van der Waals surface area contributed by atoms with E-state index in [-0.39, 0.29) is 11.9 Å². The van der Waals surface area contributed by atoms with E-state index in [4.69, 9.17) is 4.74 Å². The van der Waals surface area contributed by atoms with Gasteiger partial charge < -0.3 is 4.74 Å². The van der Waals surface area contributed by atoms with Crippen LogP contribution in [0.3, 0.4) is 0 Å². The van der Waals surface area contributed by atoms with Crippen molar-refractivity contribution < 1.29 is 9.53 Å². The van der Waals surface area contributed by atoms with Gasteiger partial charge in [0.2, 0.25) is 0 Å². The topological polar surface area (TPSA) is 26.3 Å². The summed E-state index contributed by atoms with van der Waals surface area (Å²) >= 11 is 0. The summed E-state index contributed by atoms with van der Waals surface area (Å²) in [5.41, 5.74) is 0. The van der Waals surface area contributed by atoms with Crippen molar-refractivity contribution in [1.29, 1.82) is 0 Å². The first-order chi connectivity index (χ1) is 14.7. The van der Waals surface area contributed by atoms with E-state index >= 15 is 0 Å². The third-order valence-electron chi connectivity index (χ3n) is 9.06.